The molecule has 0 unspecified atom stereocenters. The first-order valence-corrected chi connectivity index (χ1v) is 13.7. The van der Waals surface area contributed by atoms with Crippen molar-refractivity contribution < 1.29 is 0 Å². The van der Waals surface area contributed by atoms with Crippen LogP contribution in [0.15, 0.2) is 0 Å². The van der Waals surface area contributed by atoms with Gasteiger partial charge >= 0.3 is 0 Å². The molecule has 0 radical (unpaired) electrons. The number of halogens is 1. The fraction of sp³-hybridized carbons (Fsp3) is 1.00. The molecule has 0 atom stereocenters. The molecule has 0 amide bonds. The Labute approximate surface area is 184 Å². The van der Waals surface area contributed by atoms with Crippen LogP contribution in [0.5, 0.6) is 0 Å². The Hall–Kier alpha value is 0.250. The van der Waals surface area contributed by atoms with Gasteiger partial charge in [0.05, 0.1) is 0 Å². The zero-order valence-corrected chi connectivity index (χ0v) is 20.6. The fourth-order valence-corrected chi connectivity index (χ4v) is 4.34. The first-order valence-electron chi connectivity index (χ1n) is 13.1. The third kappa shape index (κ3) is 22.5. The van der Waals surface area contributed by atoms with E-state index in [2.05, 4.69) is 18.7 Å². The van der Waals surface area contributed by atoms with E-state index in [1.807, 2.05) is 0 Å². The van der Waals surface area contributed by atoms with Crippen molar-refractivity contribution in [2.24, 2.45) is 0 Å². The highest BCUT2D eigenvalue weighted by atomic mass is 35.5. The number of rotatable bonds is 24. The van der Waals surface area contributed by atoms with Crippen molar-refractivity contribution in [3.8, 4) is 0 Å². The van der Waals surface area contributed by atoms with Gasteiger partial charge in [-0.15, -0.1) is 11.6 Å². The second-order valence-corrected chi connectivity index (χ2v) is 9.27. The lowest BCUT2D eigenvalue weighted by Gasteiger charge is -2.21. The second kappa shape index (κ2) is 25.3. The van der Waals surface area contributed by atoms with Crippen molar-refractivity contribution >= 4 is 11.6 Å². The van der Waals surface area contributed by atoms with Gasteiger partial charge in [0.1, 0.15) is 0 Å². The standard InChI is InChI=1S/C26H54ClN/c1-3-5-7-9-11-13-15-17-19-21-24-28(26-23-27)25-22-20-18-16-14-12-10-8-6-4-2/h3-26H2,1-2H3. The van der Waals surface area contributed by atoms with Gasteiger partial charge in [-0.1, -0.05) is 129 Å². The first kappa shape index (κ1) is 28.2. The highest BCUT2D eigenvalue weighted by molar-refractivity contribution is 6.18. The van der Waals surface area contributed by atoms with Gasteiger partial charge in [0.15, 0.2) is 0 Å². The molecule has 0 fully saturated rings. The Kier molecular flexibility index (Phi) is 25.5. The molecule has 0 aliphatic heterocycles. The van der Waals surface area contributed by atoms with E-state index in [4.69, 9.17) is 11.6 Å². The molecule has 0 aromatic carbocycles. The van der Waals surface area contributed by atoms with E-state index in [-0.39, 0.29) is 0 Å². The second-order valence-electron chi connectivity index (χ2n) is 8.89. The van der Waals surface area contributed by atoms with E-state index in [9.17, 15) is 0 Å². The Balaban J connectivity index is 3.41. The van der Waals surface area contributed by atoms with Crippen molar-refractivity contribution in [3.05, 3.63) is 0 Å². The van der Waals surface area contributed by atoms with Crippen LogP contribution in [0.3, 0.4) is 0 Å². The topological polar surface area (TPSA) is 3.24 Å². The summed E-state index contributed by atoms with van der Waals surface area (Å²) < 4.78 is 0. The third-order valence-electron chi connectivity index (χ3n) is 6.06. The fourth-order valence-electron chi connectivity index (χ4n) is 4.10. The number of nitrogens with zero attached hydrogens (tertiary/aromatic N) is 1. The zero-order chi connectivity index (χ0) is 20.5. The molecule has 0 spiro atoms. The summed E-state index contributed by atoms with van der Waals surface area (Å²) in [6.45, 7) is 8.20. The highest BCUT2D eigenvalue weighted by Gasteiger charge is 2.04. The monoisotopic (exact) mass is 415 g/mol. The number of alkyl halides is 1. The maximum Gasteiger partial charge on any atom is 0.0351 e. The van der Waals surface area contributed by atoms with Gasteiger partial charge in [-0.2, -0.15) is 0 Å². The predicted octanol–water partition coefficient (Wildman–Crippen LogP) is 9.37. The number of unbranched alkanes of at least 4 members (excludes halogenated alkanes) is 18. The quantitative estimate of drug-likeness (QED) is 0.112. The molecule has 0 rings (SSSR count). The lowest BCUT2D eigenvalue weighted by atomic mass is 10.1. The first-order chi connectivity index (χ1) is 13.8. The maximum atomic E-state index is 6.02. The van der Waals surface area contributed by atoms with Crippen LogP contribution in [0.4, 0.5) is 0 Å². The lowest BCUT2D eigenvalue weighted by Crippen LogP contribution is -2.28. The number of hydrogen-bond donors (Lipinski definition) is 0. The van der Waals surface area contributed by atoms with Gasteiger partial charge in [-0.05, 0) is 25.9 Å². The normalized spacial score (nSPS) is 11.6. The SMILES string of the molecule is CCCCCCCCCCCCN(CCCl)CCCCCCCCCCCC. The van der Waals surface area contributed by atoms with Crippen molar-refractivity contribution in [2.45, 2.75) is 142 Å². The average Bonchev–Trinajstić information content (AvgIpc) is 2.70. The van der Waals surface area contributed by atoms with E-state index in [1.54, 1.807) is 0 Å². The van der Waals surface area contributed by atoms with Crippen molar-refractivity contribution in [1.82, 2.24) is 4.90 Å². The molecule has 0 aromatic heterocycles. The van der Waals surface area contributed by atoms with E-state index >= 15 is 0 Å². The van der Waals surface area contributed by atoms with Gasteiger partial charge < -0.3 is 4.90 Å². The Morgan fingerprint density at radius 3 is 0.964 bits per heavy atom. The molecule has 0 saturated carbocycles. The van der Waals surface area contributed by atoms with Crippen LogP contribution in [0.2, 0.25) is 0 Å². The van der Waals surface area contributed by atoms with Crippen LogP contribution in [-0.4, -0.2) is 30.4 Å². The Morgan fingerprint density at radius 1 is 0.393 bits per heavy atom. The molecule has 0 aromatic rings. The van der Waals surface area contributed by atoms with Gasteiger partial charge in [0, 0.05) is 12.4 Å². The molecular formula is C26H54ClN. The van der Waals surface area contributed by atoms with E-state index in [0.717, 1.165) is 12.4 Å². The minimum Gasteiger partial charge on any atom is -0.302 e. The van der Waals surface area contributed by atoms with Crippen molar-refractivity contribution in [2.75, 3.05) is 25.5 Å². The molecule has 0 N–H and O–H groups in total. The Morgan fingerprint density at radius 2 is 0.679 bits per heavy atom. The van der Waals surface area contributed by atoms with Crippen molar-refractivity contribution in [3.63, 3.8) is 0 Å². The summed E-state index contributed by atoms with van der Waals surface area (Å²) in [5.74, 6) is 0.787. The van der Waals surface area contributed by atoms with Gasteiger partial charge in [-0.25, -0.2) is 0 Å². The molecule has 170 valence electrons. The summed E-state index contributed by atoms with van der Waals surface area (Å²) >= 11 is 6.02. The molecule has 0 saturated heterocycles. The molecule has 1 nitrogen and oxygen atoms in total. The summed E-state index contributed by atoms with van der Waals surface area (Å²) in [5.41, 5.74) is 0. The smallest absolute Gasteiger partial charge is 0.0351 e. The highest BCUT2D eigenvalue weighted by Crippen LogP contribution is 2.12. The van der Waals surface area contributed by atoms with E-state index < -0.39 is 0 Å². The molecule has 0 bridgehead atoms. The van der Waals surface area contributed by atoms with E-state index in [0.29, 0.717) is 0 Å². The summed E-state index contributed by atoms with van der Waals surface area (Å²) in [5, 5.41) is 0. The zero-order valence-electron chi connectivity index (χ0n) is 19.8. The minimum atomic E-state index is 0.787. The molecule has 28 heavy (non-hydrogen) atoms. The molecule has 0 heterocycles. The minimum absolute atomic E-state index is 0.787. The van der Waals surface area contributed by atoms with Crippen LogP contribution >= 0.6 is 11.6 Å². The maximum absolute atomic E-state index is 6.02. The predicted molar refractivity (Wildman–Crippen MR) is 131 cm³/mol. The van der Waals surface area contributed by atoms with Crippen LogP contribution in [0, 0.1) is 0 Å². The Bertz CT molecular complexity index is 245. The van der Waals surface area contributed by atoms with Gasteiger partial charge in [0.2, 0.25) is 0 Å². The number of hydrogen-bond acceptors (Lipinski definition) is 1. The van der Waals surface area contributed by atoms with Crippen LogP contribution in [0.25, 0.3) is 0 Å². The molecule has 2 heteroatoms. The summed E-state index contributed by atoms with van der Waals surface area (Å²) in [4.78, 5) is 2.61. The average molecular weight is 416 g/mol. The summed E-state index contributed by atoms with van der Waals surface area (Å²) in [6, 6.07) is 0. The summed E-state index contributed by atoms with van der Waals surface area (Å²) in [6.07, 6.45) is 28.5. The molecule has 0 aliphatic carbocycles. The third-order valence-corrected chi connectivity index (χ3v) is 6.23. The van der Waals surface area contributed by atoms with Crippen LogP contribution in [0.1, 0.15) is 142 Å². The molecule has 0 aliphatic rings. The van der Waals surface area contributed by atoms with Gasteiger partial charge in [-0.3, -0.25) is 0 Å². The van der Waals surface area contributed by atoms with E-state index in [1.165, 1.54) is 142 Å². The lowest BCUT2D eigenvalue weighted by molar-refractivity contribution is 0.274. The van der Waals surface area contributed by atoms with Crippen LogP contribution in [-0.2, 0) is 0 Å². The van der Waals surface area contributed by atoms with Crippen molar-refractivity contribution in [1.29, 1.82) is 0 Å². The largest absolute Gasteiger partial charge is 0.302 e. The molecular weight excluding hydrogens is 362 g/mol. The van der Waals surface area contributed by atoms with Gasteiger partial charge in [0.25, 0.3) is 0 Å². The van der Waals surface area contributed by atoms with Crippen LogP contribution < -0.4 is 0 Å². The summed E-state index contributed by atoms with van der Waals surface area (Å²) in [7, 11) is 0.